The fraction of sp³-hybridized carbons (Fsp3) is 0.300. The molecule has 2 atom stereocenters. The molecule has 5 N–H and O–H groups in total. The van der Waals surface area contributed by atoms with Crippen molar-refractivity contribution in [3.63, 3.8) is 0 Å². The average Bonchev–Trinajstić information content (AvgIpc) is 2.73. The summed E-state index contributed by atoms with van der Waals surface area (Å²) in [5.74, 6) is 0. The molecular weight excluding hydrogens is 194 g/mol. The fourth-order valence-corrected chi connectivity index (χ4v) is 1.46. The molecule has 5 nitrogen and oxygen atoms in total. The van der Waals surface area contributed by atoms with Gasteiger partial charge in [-0.25, -0.2) is 0 Å². The molecule has 2 aromatic heterocycles. The minimum absolute atomic E-state index is 0.0178. The van der Waals surface area contributed by atoms with Crippen molar-refractivity contribution >= 4 is 11.0 Å². The molecule has 0 saturated carbocycles. The standard InChI is InChI=1S/C10H13N3O2/c11-4-9(14)10(15)6-3-8-7(13-5-6)1-2-12-8/h1-3,5,9-10,12,14-15H,4,11H2. The lowest BCUT2D eigenvalue weighted by Gasteiger charge is -2.15. The predicted molar refractivity (Wildman–Crippen MR) is 56.1 cm³/mol. The van der Waals surface area contributed by atoms with Crippen LogP contribution in [0.5, 0.6) is 0 Å². The van der Waals surface area contributed by atoms with Gasteiger partial charge >= 0.3 is 0 Å². The van der Waals surface area contributed by atoms with Gasteiger partial charge in [0.1, 0.15) is 6.10 Å². The van der Waals surface area contributed by atoms with E-state index in [4.69, 9.17) is 5.73 Å². The summed E-state index contributed by atoms with van der Waals surface area (Å²) in [6, 6.07) is 3.59. The Morgan fingerprint density at radius 2 is 2.27 bits per heavy atom. The summed E-state index contributed by atoms with van der Waals surface area (Å²) in [4.78, 5) is 7.12. The zero-order valence-electron chi connectivity index (χ0n) is 8.09. The lowest BCUT2D eigenvalue weighted by Crippen LogP contribution is -2.27. The number of nitrogens with one attached hydrogen (secondary N) is 1. The van der Waals surface area contributed by atoms with Gasteiger partial charge in [0.25, 0.3) is 0 Å². The van der Waals surface area contributed by atoms with Gasteiger partial charge in [0, 0.05) is 24.5 Å². The topological polar surface area (TPSA) is 95.2 Å². The van der Waals surface area contributed by atoms with Crippen molar-refractivity contribution in [2.75, 3.05) is 6.54 Å². The summed E-state index contributed by atoms with van der Waals surface area (Å²) >= 11 is 0. The molecule has 0 spiro atoms. The van der Waals surface area contributed by atoms with Gasteiger partial charge in [0.2, 0.25) is 0 Å². The summed E-state index contributed by atoms with van der Waals surface area (Å²) in [5.41, 5.74) is 7.48. The highest BCUT2D eigenvalue weighted by atomic mass is 16.3. The van der Waals surface area contributed by atoms with Crippen LogP contribution in [0.2, 0.25) is 0 Å². The van der Waals surface area contributed by atoms with Crippen molar-refractivity contribution in [2.24, 2.45) is 5.73 Å². The Morgan fingerprint density at radius 3 is 3.00 bits per heavy atom. The first kappa shape index (κ1) is 10.1. The number of rotatable bonds is 3. The summed E-state index contributed by atoms with van der Waals surface area (Å²) in [7, 11) is 0. The van der Waals surface area contributed by atoms with Gasteiger partial charge in [0.05, 0.1) is 17.1 Å². The Labute approximate surface area is 86.6 Å². The summed E-state index contributed by atoms with van der Waals surface area (Å²) in [6.45, 7) is 0.0178. The first-order valence-corrected chi connectivity index (χ1v) is 4.71. The van der Waals surface area contributed by atoms with Crippen LogP contribution in [0.25, 0.3) is 11.0 Å². The van der Waals surface area contributed by atoms with E-state index in [1.165, 1.54) is 0 Å². The Kier molecular flexibility index (Phi) is 2.68. The number of nitrogens with two attached hydrogens (primary N) is 1. The predicted octanol–water partition coefficient (Wildman–Crippen LogP) is -0.0841. The van der Waals surface area contributed by atoms with E-state index in [2.05, 4.69) is 9.97 Å². The van der Waals surface area contributed by atoms with Gasteiger partial charge in [-0.15, -0.1) is 0 Å². The molecule has 0 bridgehead atoms. The van der Waals surface area contributed by atoms with Crippen molar-refractivity contribution < 1.29 is 10.2 Å². The van der Waals surface area contributed by atoms with Crippen LogP contribution in [0, 0.1) is 0 Å². The van der Waals surface area contributed by atoms with Crippen LogP contribution in [-0.2, 0) is 0 Å². The van der Waals surface area contributed by atoms with Gasteiger partial charge in [-0.1, -0.05) is 0 Å². The summed E-state index contributed by atoms with van der Waals surface area (Å²) < 4.78 is 0. The number of aliphatic hydroxyl groups excluding tert-OH is 2. The van der Waals surface area contributed by atoms with E-state index in [9.17, 15) is 10.2 Å². The number of pyridine rings is 1. The molecule has 0 fully saturated rings. The highest BCUT2D eigenvalue weighted by Crippen LogP contribution is 2.19. The molecule has 5 heteroatoms. The van der Waals surface area contributed by atoms with E-state index in [1.54, 1.807) is 18.5 Å². The monoisotopic (exact) mass is 207 g/mol. The maximum absolute atomic E-state index is 9.70. The van der Waals surface area contributed by atoms with Crippen molar-refractivity contribution in [2.45, 2.75) is 12.2 Å². The number of hydrogen-bond donors (Lipinski definition) is 4. The molecule has 2 aromatic rings. The molecule has 0 aliphatic heterocycles. The highest BCUT2D eigenvalue weighted by molar-refractivity contribution is 5.75. The van der Waals surface area contributed by atoms with Crippen LogP contribution < -0.4 is 5.73 Å². The number of hydrogen-bond acceptors (Lipinski definition) is 4. The average molecular weight is 207 g/mol. The van der Waals surface area contributed by atoms with Crippen LogP contribution in [-0.4, -0.2) is 32.8 Å². The molecule has 2 heterocycles. The highest BCUT2D eigenvalue weighted by Gasteiger charge is 2.17. The molecule has 2 rings (SSSR count). The number of fused-ring (bicyclic) bond motifs is 1. The normalized spacial score (nSPS) is 15.4. The van der Waals surface area contributed by atoms with Gasteiger partial charge in [-0.2, -0.15) is 0 Å². The first-order chi connectivity index (χ1) is 7.22. The number of aliphatic hydroxyl groups is 2. The van der Waals surface area contributed by atoms with Crippen LogP contribution in [0.3, 0.4) is 0 Å². The molecule has 0 saturated heterocycles. The van der Waals surface area contributed by atoms with Crippen LogP contribution >= 0.6 is 0 Å². The SMILES string of the molecule is NCC(O)C(O)c1cnc2cc[nH]c2c1. The molecule has 15 heavy (non-hydrogen) atoms. The Hall–Kier alpha value is -1.43. The minimum atomic E-state index is -0.991. The summed E-state index contributed by atoms with van der Waals surface area (Å²) in [5, 5.41) is 19.1. The zero-order chi connectivity index (χ0) is 10.8. The minimum Gasteiger partial charge on any atom is -0.389 e. The zero-order valence-corrected chi connectivity index (χ0v) is 8.09. The van der Waals surface area contributed by atoms with Crippen molar-refractivity contribution in [3.8, 4) is 0 Å². The third-order valence-electron chi connectivity index (χ3n) is 2.37. The fourth-order valence-electron chi connectivity index (χ4n) is 1.46. The molecule has 0 aromatic carbocycles. The van der Waals surface area contributed by atoms with Crippen LogP contribution in [0.4, 0.5) is 0 Å². The molecule has 0 aliphatic rings. The quantitative estimate of drug-likeness (QED) is 0.566. The van der Waals surface area contributed by atoms with Crippen LogP contribution in [0.15, 0.2) is 24.5 Å². The lowest BCUT2D eigenvalue weighted by molar-refractivity contribution is 0.0242. The van der Waals surface area contributed by atoms with E-state index in [-0.39, 0.29) is 6.54 Å². The third-order valence-corrected chi connectivity index (χ3v) is 2.37. The number of aromatic amines is 1. The Bertz CT molecular complexity index is 455. The van der Waals surface area contributed by atoms with Gasteiger partial charge < -0.3 is 20.9 Å². The second kappa shape index (κ2) is 3.98. The lowest BCUT2D eigenvalue weighted by atomic mass is 10.1. The van der Waals surface area contributed by atoms with E-state index in [1.807, 2.05) is 6.07 Å². The second-order valence-electron chi connectivity index (χ2n) is 3.43. The summed E-state index contributed by atoms with van der Waals surface area (Å²) in [6.07, 6.45) is 1.36. The van der Waals surface area contributed by atoms with Crippen LogP contribution in [0.1, 0.15) is 11.7 Å². The van der Waals surface area contributed by atoms with Gasteiger partial charge in [-0.05, 0) is 12.1 Å². The van der Waals surface area contributed by atoms with Crippen molar-refractivity contribution in [3.05, 3.63) is 30.1 Å². The maximum atomic E-state index is 9.70. The number of nitrogens with zero attached hydrogens (tertiary/aromatic N) is 1. The maximum Gasteiger partial charge on any atom is 0.108 e. The van der Waals surface area contributed by atoms with E-state index >= 15 is 0 Å². The van der Waals surface area contributed by atoms with Crippen molar-refractivity contribution in [1.29, 1.82) is 0 Å². The molecular formula is C10H13N3O2. The molecule has 80 valence electrons. The largest absolute Gasteiger partial charge is 0.389 e. The Balaban J connectivity index is 2.35. The van der Waals surface area contributed by atoms with Crippen molar-refractivity contribution in [1.82, 2.24) is 9.97 Å². The molecule has 0 amide bonds. The molecule has 0 aliphatic carbocycles. The Morgan fingerprint density at radius 1 is 1.47 bits per heavy atom. The molecule has 0 radical (unpaired) electrons. The smallest absolute Gasteiger partial charge is 0.108 e. The van der Waals surface area contributed by atoms with Gasteiger partial charge in [-0.3, -0.25) is 4.98 Å². The van der Waals surface area contributed by atoms with Gasteiger partial charge in [0.15, 0.2) is 0 Å². The first-order valence-electron chi connectivity index (χ1n) is 4.71. The number of aromatic nitrogens is 2. The van der Waals surface area contributed by atoms with E-state index in [0.29, 0.717) is 5.56 Å². The van der Waals surface area contributed by atoms with E-state index in [0.717, 1.165) is 11.0 Å². The molecule has 2 unspecified atom stereocenters. The third kappa shape index (κ3) is 1.85. The number of H-pyrrole nitrogens is 1. The van der Waals surface area contributed by atoms with E-state index < -0.39 is 12.2 Å². The second-order valence-corrected chi connectivity index (χ2v) is 3.43.